The summed E-state index contributed by atoms with van der Waals surface area (Å²) in [5.74, 6) is 0.744. The number of thiocarbonyl (C=S) groups is 1. The lowest BCUT2D eigenvalue weighted by Gasteiger charge is -2.28. The molecule has 18 heavy (non-hydrogen) atoms. The van der Waals surface area contributed by atoms with Gasteiger partial charge in [0.15, 0.2) is 5.11 Å². The van der Waals surface area contributed by atoms with E-state index in [9.17, 15) is 0 Å². The zero-order valence-corrected chi connectivity index (χ0v) is 13.3. The second-order valence-electron chi connectivity index (χ2n) is 4.50. The Morgan fingerprint density at radius 1 is 1.22 bits per heavy atom. The van der Waals surface area contributed by atoms with Gasteiger partial charge in [-0.2, -0.15) is 0 Å². The first-order chi connectivity index (χ1) is 8.69. The number of nitrogens with one attached hydrogen (secondary N) is 1. The lowest BCUT2D eigenvalue weighted by Crippen LogP contribution is -2.42. The molecule has 0 aromatic rings. The smallest absolute Gasteiger partial charge is 0.168 e. The highest BCUT2D eigenvalue weighted by atomic mass is 32.1. The molecule has 0 amide bonds. The minimum absolute atomic E-state index is 0.744. The number of hydrogen-bond donors (Lipinski definition) is 1. The van der Waals surface area contributed by atoms with Gasteiger partial charge in [-0.3, -0.25) is 0 Å². The van der Waals surface area contributed by atoms with Crippen molar-refractivity contribution >= 4 is 17.3 Å². The maximum atomic E-state index is 5.44. The molecule has 0 aliphatic carbocycles. The fourth-order valence-corrected chi connectivity index (χ4v) is 2.15. The second kappa shape index (κ2) is 11.7. The molecule has 0 saturated heterocycles. The highest BCUT2D eigenvalue weighted by Crippen LogP contribution is 2.09. The quantitative estimate of drug-likeness (QED) is 0.489. The molecule has 1 N–H and O–H groups in total. The van der Waals surface area contributed by atoms with Crippen LogP contribution in [0.3, 0.4) is 0 Å². The van der Waals surface area contributed by atoms with Crippen LogP contribution in [-0.4, -0.2) is 42.9 Å². The predicted molar refractivity (Wildman–Crippen MR) is 83.0 cm³/mol. The SMILES string of the molecule is CCOCCCNC(=S)N(CC)CC(CC)CC. The molecule has 108 valence electrons. The Bertz CT molecular complexity index is 208. The van der Waals surface area contributed by atoms with Gasteiger partial charge in [-0.05, 0) is 38.4 Å². The van der Waals surface area contributed by atoms with Gasteiger partial charge in [0.2, 0.25) is 0 Å². The maximum Gasteiger partial charge on any atom is 0.168 e. The van der Waals surface area contributed by atoms with E-state index in [0.717, 1.165) is 50.3 Å². The van der Waals surface area contributed by atoms with Crippen LogP contribution < -0.4 is 5.32 Å². The molecular formula is C14H30N2OS. The third kappa shape index (κ3) is 7.88. The van der Waals surface area contributed by atoms with Crippen LogP contribution in [-0.2, 0) is 4.74 Å². The third-order valence-corrected chi connectivity index (χ3v) is 3.65. The van der Waals surface area contributed by atoms with Gasteiger partial charge in [0.1, 0.15) is 0 Å². The van der Waals surface area contributed by atoms with Gasteiger partial charge in [0.25, 0.3) is 0 Å². The highest BCUT2D eigenvalue weighted by molar-refractivity contribution is 7.80. The number of nitrogens with zero attached hydrogens (tertiary/aromatic N) is 1. The zero-order valence-electron chi connectivity index (χ0n) is 12.5. The maximum absolute atomic E-state index is 5.44. The third-order valence-electron chi connectivity index (χ3n) is 3.25. The van der Waals surface area contributed by atoms with Gasteiger partial charge < -0.3 is 15.0 Å². The van der Waals surface area contributed by atoms with Crippen molar-refractivity contribution in [3.63, 3.8) is 0 Å². The molecule has 0 aliphatic heterocycles. The summed E-state index contributed by atoms with van der Waals surface area (Å²) < 4.78 is 5.30. The van der Waals surface area contributed by atoms with Crippen molar-refractivity contribution in [2.75, 3.05) is 32.8 Å². The van der Waals surface area contributed by atoms with Crippen molar-refractivity contribution in [1.82, 2.24) is 10.2 Å². The van der Waals surface area contributed by atoms with Crippen LogP contribution in [0, 0.1) is 5.92 Å². The first kappa shape index (κ1) is 17.6. The molecule has 0 aromatic carbocycles. The fraction of sp³-hybridized carbons (Fsp3) is 0.929. The average Bonchev–Trinajstić information content (AvgIpc) is 2.40. The zero-order chi connectivity index (χ0) is 13.8. The molecule has 0 fully saturated rings. The molecule has 0 unspecified atom stereocenters. The van der Waals surface area contributed by atoms with Crippen LogP contribution >= 0.6 is 12.2 Å². The minimum atomic E-state index is 0.744. The van der Waals surface area contributed by atoms with E-state index in [-0.39, 0.29) is 0 Å². The van der Waals surface area contributed by atoms with E-state index >= 15 is 0 Å². The van der Waals surface area contributed by atoms with E-state index in [1.807, 2.05) is 6.92 Å². The van der Waals surface area contributed by atoms with Gasteiger partial charge in [-0.1, -0.05) is 26.7 Å². The molecule has 0 spiro atoms. The second-order valence-corrected chi connectivity index (χ2v) is 4.89. The van der Waals surface area contributed by atoms with Crippen molar-refractivity contribution in [1.29, 1.82) is 0 Å². The van der Waals surface area contributed by atoms with Gasteiger partial charge >= 0.3 is 0 Å². The molecular weight excluding hydrogens is 244 g/mol. The predicted octanol–water partition coefficient (Wildman–Crippen LogP) is 3.05. The standard InChI is InChI=1S/C14H30N2OS/c1-5-13(6-2)12-16(7-3)14(18)15-10-9-11-17-8-4/h13H,5-12H2,1-4H3,(H,15,18). The van der Waals surface area contributed by atoms with Crippen LogP contribution in [0.15, 0.2) is 0 Å². The Kier molecular flexibility index (Phi) is 11.5. The molecule has 0 heterocycles. The van der Waals surface area contributed by atoms with Crippen molar-refractivity contribution in [2.45, 2.75) is 47.0 Å². The molecule has 0 rings (SSSR count). The Hall–Kier alpha value is -0.350. The number of hydrogen-bond acceptors (Lipinski definition) is 2. The molecule has 0 bridgehead atoms. The van der Waals surface area contributed by atoms with Crippen LogP contribution in [0.4, 0.5) is 0 Å². The summed E-state index contributed by atoms with van der Waals surface area (Å²) in [6.07, 6.45) is 3.45. The summed E-state index contributed by atoms with van der Waals surface area (Å²) in [4.78, 5) is 2.27. The Morgan fingerprint density at radius 2 is 1.89 bits per heavy atom. The van der Waals surface area contributed by atoms with Crippen LogP contribution in [0.5, 0.6) is 0 Å². The summed E-state index contributed by atoms with van der Waals surface area (Å²) in [5, 5.41) is 4.21. The summed E-state index contributed by atoms with van der Waals surface area (Å²) in [6.45, 7) is 13.2. The van der Waals surface area contributed by atoms with E-state index in [1.165, 1.54) is 12.8 Å². The fourth-order valence-electron chi connectivity index (χ4n) is 1.84. The Morgan fingerprint density at radius 3 is 2.39 bits per heavy atom. The van der Waals surface area contributed by atoms with Crippen molar-refractivity contribution in [3.05, 3.63) is 0 Å². The van der Waals surface area contributed by atoms with Crippen molar-refractivity contribution in [3.8, 4) is 0 Å². The van der Waals surface area contributed by atoms with E-state index in [0.29, 0.717) is 0 Å². The van der Waals surface area contributed by atoms with Gasteiger partial charge in [-0.15, -0.1) is 0 Å². The first-order valence-electron chi connectivity index (χ1n) is 7.29. The lowest BCUT2D eigenvalue weighted by atomic mass is 10.0. The molecule has 3 nitrogen and oxygen atoms in total. The van der Waals surface area contributed by atoms with Crippen LogP contribution in [0.1, 0.15) is 47.0 Å². The van der Waals surface area contributed by atoms with Crippen LogP contribution in [0.25, 0.3) is 0 Å². The van der Waals surface area contributed by atoms with E-state index < -0.39 is 0 Å². The summed E-state index contributed by atoms with van der Waals surface area (Å²) in [7, 11) is 0. The van der Waals surface area contributed by atoms with Gasteiger partial charge in [0, 0.05) is 32.8 Å². The van der Waals surface area contributed by atoms with E-state index in [2.05, 4.69) is 31.0 Å². The Balaban J connectivity index is 3.88. The molecule has 0 saturated carbocycles. The molecule has 0 aromatic heterocycles. The van der Waals surface area contributed by atoms with E-state index in [1.54, 1.807) is 0 Å². The van der Waals surface area contributed by atoms with Gasteiger partial charge in [-0.25, -0.2) is 0 Å². The lowest BCUT2D eigenvalue weighted by molar-refractivity contribution is 0.145. The van der Waals surface area contributed by atoms with Crippen molar-refractivity contribution in [2.24, 2.45) is 5.92 Å². The summed E-state index contributed by atoms with van der Waals surface area (Å²) >= 11 is 5.44. The average molecular weight is 274 g/mol. The topological polar surface area (TPSA) is 24.5 Å². The van der Waals surface area contributed by atoms with Crippen LogP contribution in [0.2, 0.25) is 0 Å². The molecule has 0 aliphatic rings. The number of ether oxygens (including phenoxy) is 1. The highest BCUT2D eigenvalue weighted by Gasteiger charge is 2.12. The van der Waals surface area contributed by atoms with Gasteiger partial charge in [0.05, 0.1) is 0 Å². The van der Waals surface area contributed by atoms with E-state index in [4.69, 9.17) is 17.0 Å². The van der Waals surface area contributed by atoms with Crippen molar-refractivity contribution < 1.29 is 4.74 Å². The Labute approximate surface area is 118 Å². The number of rotatable bonds is 10. The molecule has 4 heteroatoms. The summed E-state index contributed by atoms with van der Waals surface area (Å²) in [5.41, 5.74) is 0. The molecule has 0 radical (unpaired) electrons. The largest absolute Gasteiger partial charge is 0.382 e. The molecule has 0 atom stereocenters. The minimum Gasteiger partial charge on any atom is -0.382 e. The normalized spacial score (nSPS) is 10.7. The summed E-state index contributed by atoms with van der Waals surface area (Å²) in [6, 6.07) is 0. The first-order valence-corrected chi connectivity index (χ1v) is 7.70. The monoisotopic (exact) mass is 274 g/mol.